The molecule has 2 unspecified atom stereocenters. The second kappa shape index (κ2) is 17.7. The molecule has 0 radical (unpaired) electrons. The molecule has 6 aromatic carbocycles. The number of para-hydroxylation sites is 2. The Morgan fingerprint density at radius 1 is 0.529 bits per heavy atom. The number of nitro benzene ring substituents is 2. The van der Waals surface area contributed by atoms with Gasteiger partial charge in [0.05, 0.1) is 15.4 Å². The number of rotatable bonds is 13. The van der Waals surface area contributed by atoms with E-state index >= 15 is 0 Å². The summed E-state index contributed by atoms with van der Waals surface area (Å²) in [6, 6.07) is 43.7. The first-order valence-corrected chi connectivity index (χ1v) is 21.3. The standard InChI is InChI=1S/C48H30N8O10S2/c57-41-26-37(36-6-2-4-8-40(36)63-41)44-51-53(47(67)65-44)42(29-13-21-34(22-14-29)55(59)60)49-32-17-9-27(10-18-32)28-11-19-33(20-12-28)50-43(30-15-23-35(24-16-30)56(61)62)54-48(68)66-45(52-54)38-25-31-5-1-3-7-39(31)64-46(38)58/h1-26,42-43,49-50H. The molecule has 0 spiro atoms. The van der Waals surface area contributed by atoms with Crippen LogP contribution in [-0.4, -0.2) is 29.4 Å². The molecule has 0 aliphatic rings. The van der Waals surface area contributed by atoms with Crippen molar-refractivity contribution in [2.24, 2.45) is 0 Å². The minimum Gasteiger partial charge on any atom is -0.423 e. The maximum atomic E-state index is 13.0. The summed E-state index contributed by atoms with van der Waals surface area (Å²) in [7, 11) is 0. The zero-order valence-electron chi connectivity index (χ0n) is 34.7. The fraction of sp³-hybridized carbons (Fsp3) is 0.0417. The molecule has 4 heterocycles. The Bertz CT molecular complexity index is 3810. The quantitative estimate of drug-likeness (QED) is 0.0473. The number of nitrogens with one attached hydrogen (secondary N) is 2. The van der Waals surface area contributed by atoms with E-state index < -0.39 is 33.4 Å². The average Bonchev–Trinajstić information content (AvgIpc) is 3.93. The van der Waals surface area contributed by atoms with Crippen molar-refractivity contribution in [3.8, 4) is 34.0 Å². The number of hydrogen-bond acceptors (Lipinski definition) is 16. The van der Waals surface area contributed by atoms with Gasteiger partial charge in [-0.3, -0.25) is 20.2 Å². The topological polar surface area (TPSA) is 233 Å². The Labute approximate surface area is 391 Å². The van der Waals surface area contributed by atoms with Crippen LogP contribution < -0.4 is 21.9 Å². The molecule has 0 saturated carbocycles. The van der Waals surface area contributed by atoms with Crippen molar-refractivity contribution in [2.75, 3.05) is 10.6 Å². The first kappa shape index (κ1) is 42.8. The second-order valence-electron chi connectivity index (χ2n) is 15.1. The van der Waals surface area contributed by atoms with E-state index in [1.807, 2.05) is 48.5 Å². The highest BCUT2D eigenvalue weighted by molar-refractivity contribution is 7.71. The molecule has 10 aromatic rings. The highest BCUT2D eigenvalue weighted by Gasteiger charge is 2.24. The van der Waals surface area contributed by atoms with Gasteiger partial charge in [0.15, 0.2) is 12.3 Å². The first-order valence-electron chi connectivity index (χ1n) is 20.4. The van der Waals surface area contributed by atoms with E-state index in [0.29, 0.717) is 50.0 Å². The number of hydrogen-bond donors (Lipinski definition) is 2. The summed E-state index contributed by atoms with van der Waals surface area (Å²) in [5.74, 6) is 0.00490. The van der Waals surface area contributed by atoms with Gasteiger partial charge in [0, 0.05) is 52.5 Å². The molecule has 0 bridgehead atoms. The molecule has 10 rings (SSSR count). The van der Waals surface area contributed by atoms with Gasteiger partial charge < -0.3 is 28.3 Å². The molecule has 4 aromatic heterocycles. The molecule has 0 aliphatic carbocycles. The number of aromatic nitrogens is 4. The summed E-state index contributed by atoms with van der Waals surface area (Å²) in [5.41, 5.74) is 3.81. The van der Waals surface area contributed by atoms with Crippen LogP contribution in [0.3, 0.4) is 0 Å². The summed E-state index contributed by atoms with van der Waals surface area (Å²) in [6.45, 7) is 0. The third-order valence-electron chi connectivity index (χ3n) is 10.9. The van der Waals surface area contributed by atoms with E-state index in [-0.39, 0.29) is 38.4 Å². The van der Waals surface area contributed by atoms with Crippen LogP contribution in [0.4, 0.5) is 22.7 Å². The maximum absolute atomic E-state index is 13.0. The van der Waals surface area contributed by atoms with E-state index in [4.69, 9.17) is 42.1 Å². The van der Waals surface area contributed by atoms with E-state index in [2.05, 4.69) is 20.8 Å². The summed E-state index contributed by atoms with van der Waals surface area (Å²) in [6.07, 6.45) is -1.65. The normalized spacial score (nSPS) is 12.2. The lowest BCUT2D eigenvalue weighted by molar-refractivity contribution is -0.385. The molecule has 0 amide bonds. The predicted octanol–water partition coefficient (Wildman–Crippen LogP) is 11.1. The first-order chi connectivity index (χ1) is 32.9. The lowest BCUT2D eigenvalue weighted by atomic mass is 10.0. The van der Waals surface area contributed by atoms with Crippen LogP contribution in [0.5, 0.6) is 0 Å². The zero-order valence-corrected chi connectivity index (χ0v) is 36.4. The SMILES string of the molecule is O=c1cc(-c2nn(C(Nc3ccc(-c4ccc(NC(c5ccc([N+](=O)[O-])cc5)n5nc(-c6cc7ccccc7oc6=O)oc5=S)cc4)cc3)c3ccc([N+](=O)[O-])cc3)c(=S)o2)c2ccccc2o1. The molecule has 0 fully saturated rings. The molecule has 0 saturated heterocycles. The van der Waals surface area contributed by atoms with Crippen molar-refractivity contribution in [3.05, 3.63) is 220 Å². The van der Waals surface area contributed by atoms with Gasteiger partial charge in [-0.15, -0.1) is 10.2 Å². The van der Waals surface area contributed by atoms with E-state index in [1.165, 1.54) is 39.7 Å². The molecular formula is C48H30N8O10S2. The van der Waals surface area contributed by atoms with Crippen molar-refractivity contribution in [2.45, 2.75) is 12.3 Å². The predicted molar refractivity (Wildman–Crippen MR) is 255 cm³/mol. The summed E-state index contributed by atoms with van der Waals surface area (Å²) < 4.78 is 25.5. The van der Waals surface area contributed by atoms with E-state index in [9.17, 15) is 29.8 Å². The third-order valence-corrected chi connectivity index (χ3v) is 11.5. The Balaban J connectivity index is 0.929. The van der Waals surface area contributed by atoms with Gasteiger partial charge in [0.2, 0.25) is 5.89 Å². The van der Waals surface area contributed by atoms with Crippen LogP contribution >= 0.6 is 24.4 Å². The van der Waals surface area contributed by atoms with Crippen LogP contribution in [0.2, 0.25) is 0 Å². The minimum absolute atomic E-state index is 0.0295. The number of nitrogens with zero attached hydrogens (tertiary/aromatic N) is 6. The fourth-order valence-electron chi connectivity index (χ4n) is 7.58. The summed E-state index contributed by atoms with van der Waals surface area (Å²) >= 11 is 11.3. The highest BCUT2D eigenvalue weighted by atomic mass is 32.1. The van der Waals surface area contributed by atoms with Crippen LogP contribution in [0.25, 0.3) is 56.0 Å². The summed E-state index contributed by atoms with van der Waals surface area (Å²) in [5, 5.41) is 40.3. The Morgan fingerprint density at radius 3 is 1.51 bits per heavy atom. The van der Waals surface area contributed by atoms with Gasteiger partial charge in [-0.05, 0) is 113 Å². The largest absolute Gasteiger partial charge is 0.423 e. The van der Waals surface area contributed by atoms with Gasteiger partial charge in [0.1, 0.15) is 16.7 Å². The maximum Gasteiger partial charge on any atom is 0.349 e. The lowest BCUT2D eigenvalue weighted by Crippen LogP contribution is -2.21. The average molecular weight is 943 g/mol. The molecule has 2 N–H and O–H groups in total. The monoisotopic (exact) mass is 942 g/mol. The van der Waals surface area contributed by atoms with E-state index in [0.717, 1.165) is 11.1 Å². The number of anilines is 2. The Hall–Kier alpha value is -9.14. The number of benzene rings is 6. The van der Waals surface area contributed by atoms with Crippen molar-refractivity contribution in [3.63, 3.8) is 0 Å². The van der Waals surface area contributed by atoms with Gasteiger partial charge in [0.25, 0.3) is 26.9 Å². The van der Waals surface area contributed by atoms with Gasteiger partial charge in [-0.1, -0.05) is 60.7 Å². The second-order valence-corrected chi connectivity index (χ2v) is 15.8. The molecule has 334 valence electrons. The fourth-order valence-corrected chi connectivity index (χ4v) is 8.03. The Morgan fingerprint density at radius 2 is 1.00 bits per heavy atom. The van der Waals surface area contributed by atoms with Crippen molar-refractivity contribution >= 4 is 69.1 Å². The molecule has 20 heteroatoms. The number of nitro groups is 2. The zero-order chi connectivity index (χ0) is 47.1. The van der Waals surface area contributed by atoms with Crippen LogP contribution in [0.1, 0.15) is 23.5 Å². The van der Waals surface area contributed by atoms with Gasteiger partial charge in [-0.2, -0.15) is 9.36 Å². The minimum atomic E-state index is -0.839. The van der Waals surface area contributed by atoms with Crippen molar-refractivity contribution in [1.29, 1.82) is 0 Å². The molecule has 2 atom stereocenters. The highest BCUT2D eigenvalue weighted by Crippen LogP contribution is 2.32. The van der Waals surface area contributed by atoms with E-state index in [1.54, 1.807) is 78.9 Å². The van der Waals surface area contributed by atoms with Crippen LogP contribution in [0.15, 0.2) is 185 Å². The summed E-state index contributed by atoms with van der Waals surface area (Å²) in [4.78, 5) is 47.4. The van der Waals surface area contributed by atoms with Gasteiger partial charge >= 0.3 is 11.3 Å². The van der Waals surface area contributed by atoms with Crippen LogP contribution in [-0.2, 0) is 0 Å². The molecule has 68 heavy (non-hydrogen) atoms. The van der Waals surface area contributed by atoms with Crippen molar-refractivity contribution in [1.82, 2.24) is 19.6 Å². The van der Waals surface area contributed by atoms with Crippen LogP contribution in [0, 0.1) is 29.9 Å². The smallest absolute Gasteiger partial charge is 0.349 e. The van der Waals surface area contributed by atoms with Crippen molar-refractivity contribution < 1.29 is 27.5 Å². The Kier molecular flexibility index (Phi) is 11.1. The number of non-ortho nitro benzene ring substituents is 2. The molecular weight excluding hydrogens is 913 g/mol. The molecule has 0 aliphatic heterocycles. The lowest BCUT2D eigenvalue weighted by Gasteiger charge is -2.21. The molecule has 18 nitrogen and oxygen atoms in total. The number of fused-ring (bicyclic) bond motifs is 2. The van der Waals surface area contributed by atoms with Gasteiger partial charge in [-0.25, -0.2) is 9.59 Å². The third kappa shape index (κ3) is 8.45.